The molecular weight excluding hydrogens is 302 g/mol. The van der Waals surface area contributed by atoms with E-state index >= 15 is 0 Å². The maximum atomic E-state index is 11.9. The van der Waals surface area contributed by atoms with Crippen molar-refractivity contribution < 1.29 is 9.90 Å². The molecule has 0 bridgehead atoms. The summed E-state index contributed by atoms with van der Waals surface area (Å²) in [6, 6.07) is 8.09. The van der Waals surface area contributed by atoms with Gasteiger partial charge in [0.15, 0.2) is 0 Å². The molecular formula is C19H31N3O2. The fourth-order valence-electron chi connectivity index (χ4n) is 3.03. The van der Waals surface area contributed by atoms with Gasteiger partial charge < -0.3 is 15.7 Å². The lowest BCUT2D eigenvalue weighted by molar-refractivity contribution is 0.145. The average Bonchev–Trinajstić information content (AvgIpc) is 2.61. The second-order valence-corrected chi connectivity index (χ2v) is 6.93. The number of aliphatic hydroxyl groups excluding tert-OH is 1. The Kier molecular flexibility index (Phi) is 7.53. The Morgan fingerprint density at radius 1 is 1.21 bits per heavy atom. The number of nitrogens with zero attached hydrogens (tertiary/aromatic N) is 1. The number of benzene rings is 1. The van der Waals surface area contributed by atoms with Crippen LogP contribution in [0.15, 0.2) is 24.3 Å². The molecule has 1 atom stereocenters. The van der Waals surface area contributed by atoms with Gasteiger partial charge in [0.25, 0.3) is 0 Å². The molecule has 5 heteroatoms. The topological polar surface area (TPSA) is 64.6 Å². The van der Waals surface area contributed by atoms with Gasteiger partial charge in [0.1, 0.15) is 0 Å². The summed E-state index contributed by atoms with van der Waals surface area (Å²) in [6.07, 6.45) is 3.30. The number of carbonyl (C=O) groups excluding carboxylic acids is 1. The van der Waals surface area contributed by atoms with Crippen LogP contribution in [0.1, 0.15) is 37.8 Å². The van der Waals surface area contributed by atoms with Gasteiger partial charge in [-0.1, -0.05) is 31.2 Å². The molecule has 0 aliphatic carbocycles. The van der Waals surface area contributed by atoms with E-state index in [0.29, 0.717) is 19.1 Å². The molecule has 24 heavy (non-hydrogen) atoms. The molecule has 1 heterocycles. The lowest BCUT2D eigenvalue weighted by Gasteiger charge is -2.34. The molecule has 1 aliphatic heterocycles. The van der Waals surface area contributed by atoms with Crippen LogP contribution < -0.4 is 10.6 Å². The summed E-state index contributed by atoms with van der Waals surface area (Å²) < 4.78 is 0. The number of aliphatic hydroxyl groups is 1. The highest BCUT2D eigenvalue weighted by Gasteiger charge is 2.20. The number of nitrogens with one attached hydrogen (secondary N) is 2. The van der Waals surface area contributed by atoms with Gasteiger partial charge in [-0.3, -0.25) is 4.90 Å². The zero-order valence-corrected chi connectivity index (χ0v) is 14.9. The van der Waals surface area contributed by atoms with Crippen molar-refractivity contribution in [1.82, 2.24) is 15.5 Å². The van der Waals surface area contributed by atoms with Gasteiger partial charge in [-0.25, -0.2) is 4.79 Å². The van der Waals surface area contributed by atoms with Gasteiger partial charge in [0.05, 0.1) is 6.61 Å². The second kappa shape index (κ2) is 9.64. The standard InChI is InChI=1S/C19H31N3O2/c1-15-8-11-22(12-9-15)16(2)13-21-19(24)20-10-7-17-3-5-18(14-23)6-4-17/h3-6,15-16,23H,7-14H2,1-2H3,(H2,20,21,24). The molecule has 0 aromatic heterocycles. The monoisotopic (exact) mass is 333 g/mol. The number of urea groups is 1. The summed E-state index contributed by atoms with van der Waals surface area (Å²) in [7, 11) is 0. The average molecular weight is 333 g/mol. The largest absolute Gasteiger partial charge is 0.392 e. The highest BCUT2D eigenvalue weighted by molar-refractivity contribution is 5.73. The van der Waals surface area contributed by atoms with Gasteiger partial charge >= 0.3 is 6.03 Å². The highest BCUT2D eigenvalue weighted by atomic mass is 16.3. The Labute approximate surface area is 145 Å². The van der Waals surface area contributed by atoms with Crippen molar-refractivity contribution in [3.8, 4) is 0 Å². The molecule has 134 valence electrons. The van der Waals surface area contributed by atoms with E-state index in [4.69, 9.17) is 5.11 Å². The molecule has 1 aromatic carbocycles. The van der Waals surface area contributed by atoms with Crippen LogP contribution in [0, 0.1) is 5.92 Å². The van der Waals surface area contributed by atoms with Gasteiger partial charge in [-0.15, -0.1) is 0 Å². The fraction of sp³-hybridized carbons (Fsp3) is 0.632. The fourth-order valence-corrected chi connectivity index (χ4v) is 3.03. The first-order valence-electron chi connectivity index (χ1n) is 9.03. The number of amides is 2. The molecule has 1 aliphatic rings. The number of likely N-dealkylation sites (tertiary alicyclic amines) is 1. The molecule has 1 unspecified atom stereocenters. The predicted molar refractivity (Wildman–Crippen MR) is 96.9 cm³/mol. The van der Waals surface area contributed by atoms with E-state index in [1.165, 1.54) is 12.8 Å². The van der Waals surface area contributed by atoms with Crippen LogP contribution in [0.4, 0.5) is 4.79 Å². The molecule has 2 rings (SSSR count). The third kappa shape index (κ3) is 6.13. The Morgan fingerprint density at radius 3 is 2.46 bits per heavy atom. The van der Waals surface area contributed by atoms with Crippen molar-refractivity contribution in [2.75, 3.05) is 26.2 Å². The van der Waals surface area contributed by atoms with Crippen LogP contribution >= 0.6 is 0 Å². The Morgan fingerprint density at radius 2 is 1.83 bits per heavy atom. The van der Waals surface area contributed by atoms with Gasteiger partial charge in [-0.2, -0.15) is 0 Å². The van der Waals surface area contributed by atoms with E-state index in [-0.39, 0.29) is 12.6 Å². The Bertz CT molecular complexity index is 496. The highest BCUT2D eigenvalue weighted by Crippen LogP contribution is 2.17. The van der Waals surface area contributed by atoms with Crippen LogP contribution in [0.2, 0.25) is 0 Å². The van der Waals surface area contributed by atoms with E-state index in [1.807, 2.05) is 24.3 Å². The lowest BCUT2D eigenvalue weighted by Crippen LogP contribution is -2.47. The van der Waals surface area contributed by atoms with Crippen LogP contribution in [-0.2, 0) is 13.0 Å². The summed E-state index contributed by atoms with van der Waals surface area (Å²) in [5.41, 5.74) is 2.06. The third-order valence-electron chi connectivity index (χ3n) is 4.90. The Hall–Kier alpha value is -1.59. The van der Waals surface area contributed by atoms with Crippen LogP contribution in [-0.4, -0.2) is 48.3 Å². The molecule has 3 N–H and O–H groups in total. The molecule has 0 saturated carbocycles. The van der Waals surface area contributed by atoms with Gasteiger partial charge in [0, 0.05) is 19.1 Å². The van der Waals surface area contributed by atoms with Crippen LogP contribution in [0.5, 0.6) is 0 Å². The summed E-state index contributed by atoms with van der Waals surface area (Å²) in [6.45, 7) is 8.12. The summed E-state index contributed by atoms with van der Waals surface area (Å²) in [4.78, 5) is 14.4. The minimum atomic E-state index is -0.0980. The van der Waals surface area contributed by atoms with Crippen molar-refractivity contribution in [3.63, 3.8) is 0 Å². The summed E-state index contributed by atoms with van der Waals surface area (Å²) >= 11 is 0. The zero-order valence-electron chi connectivity index (χ0n) is 14.9. The molecule has 1 saturated heterocycles. The summed E-state index contributed by atoms with van der Waals surface area (Å²) in [5, 5.41) is 14.9. The smallest absolute Gasteiger partial charge is 0.314 e. The normalized spacial score (nSPS) is 17.5. The Balaban J connectivity index is 1.60. The van der Waals surface area contributed by atoms with Crippen molar-refractivity contribution in [3.05, 3.63) is 35.4 Å². The molecule has 2 amide bonds. The number of carbonyl (C=O) groups is 1. The van der Waals surface area contributed by atoms with E-state index in [2.05, 4.69) is 29.4 Å². The predicted octanol–water partition coefficient (Wildman–Crippen LogP) is 2.14. The number of piperidine rings is 1. The van der Waals surface area contributed by atoms with E-state index in [1.54, 1.807) is 0 Å². The van der Waals surface area contributed by atoms with Gasteiger partial charge in [0.2, 0.25) is 0 Å². The van der Waals surface area contributed by atoms with Crippen LogP contribution in [0.3, 0.4) is 0 Å². The molecule has 1 aromatic rings. The number of hydrogen-bond acceptors (Lipinski definition) is 3. The molecule has 1 fully saturated rings. The zero-order chi connectivity index (χ0) is 17.4. The van der Waals surface area contributed by atoms with Gasteiger partial charge in [-0.05, 0) is 56.3 Å². The molecule has 0 radical (unpaired) electrons. The minimum absolute atomic E-state index is 0.0645. The van der Waals surface area contributed by atoms with Crippen molar-refractivity contribution in [2.45, 2.75) is 45.8 Å². The van der Waals surface area contributed by atoms with Crippen molar-refractivity contribution in [2.24, 2.45) is 5.92 Å². The first-order chi connectivity index (χ1) is 11.6. The molecule has 5 nitrogen and oxygen atoms in total. The van der Waals surface area contributed by atoms with Crippen molar-refractivity contribution in [1.29, 1.82) is 0 Å². The number of hydrogen-bond donors (Lipinski definition) is 3. The first-order valence-corrected chi connectivity index (χ1v) is 9.03. The summed E-state index contributed by atoms with van der Waals surface area (Å²) in [5.74, 6) is 0.830. The minimum Gasteiger partial charge on any atom is -0.392 e. The second-order valence-electron chi connectivity index (χ2n) is 6.93. The van der Waals surface area contributed by atoms with E-state index < -0.39 is 0 Å². The first kappa shape index (κ1) is 18.7. The van der Waals surface area contributed by atoms with Crippen LogP contribution in [0.25, 0.3) is 0 Å². The van der Waals surface area contributed by atoms with E-state index in [9.17, 15) is 4.79 Å². The maximum absolute atomic E-state index is 11.9. The lowest BCUT2D eigenvalue weighted by atomic mass is 9.98. The van der Waals surface area contributed by atoms with Crippen molar-refractivity contribution >= 4 is 6.03 Å². The van der Waals surface area contributed by atoms with E-state index in [0.717, 1.165) is 36.6 Å². The number of rotatable bonds is 7. The maximum Gasteiger partial charge on any atom is 0.314 e. The third-order valence-corrected chi connectivity index (χ3v) is 4.90. The quantitative estimate of drug-likeness (QED) is 0.716. The molecule has 0 spiro atoms. The SMILES string of the molecule is CC1CCN(C(C)CNC(=O)NCCc2ccc(CO)cc2)CC1.